The number of nitrogens with zero attached hydrogens (tertiary/aromatic N) is 1. The van der Waals surface area contributed by atoms with Crippen LogP contribution < -0.4 is 10.0 Å². The van der Waals surface area contributed by atoms with Gasteiger partial charge in [0.05, 0.1) is 11.4 Å². The van der Waals surface area contributed by atoms with Gasteiger partial charge in [-0.2, -0.15) is 0 Å². The summed E-state index contributed by atoms with van der Waals surface area (Å²) in [6, 6.07) is 7.25. The van der Waals surface area contributed by atoms with E-state index in [0.29, 0.717) is 33.0 Å². The van der Waals surface area contributed by atoms with Crippen molar-refractivity contribution in [3.63, 3.8) is 0 Å². The van der Waals surface area contributed by atoms with Crippen LogP contribution in [0.15, 0.2) is 38.3 Å². The predicted molar refractivity (Wildman–Crippen MR) is 81.1 cm³/mol. The van der Waals surface area contributed by atoms with E-state index in [0.717, 1.165) is 5.56 Å². The minimum Gasteiger partial charge on any atom is -0.397 e. The number of hydrogen-bond acceptors (Lipinski definition) is 4. The molecule has 0 bridgehead atoms. The predicted octanol–water partition coefficient (Wildman–Crippen LogP) is 2.84. The Morgan fingerprint density at radius 1 is 1.32 bits per heavy atom. The third-order valence-corrected chi connectivity index (χ3v) is 7.54. The summed E-state index contributed by atoms with van der Waals surface area (Å²) in [6.45, 7) is 0.441. The monoisotopic (exact) mass is 358 g/mol. The Morgan fingerprint density at radius 2 is 2.11 bits per heavy atom. The molecule has 3 rings (SSSR count). The van der Waals surface area contributed by atoms with Gasteiger partial charge in [-0.1, -0.05) is 12.1 Å². The normalized spacial score (nSPS) is 14.7. The molecule has 0 aliphatic carbocycles. The van der Waals surface area contributed by atoms with E-state index in [9.17, 15) is 8.42 Å². The average molecular weight is 359 g/mol. The van der Waals surface area contributed by atoms with Gasteiger partial charge in [0.15, 0.2) is 4.21 Å². The molecule has 1 aromatic heterocycles. The number of nitrogen functional groups attached to an aromatic ring is 1. The first-order chi connectivity index (χ1) is 9.01. The van der Waals surface area contributed by atoms with Crippen LogP contribution in [-0.2, 0) is 16.4 Å². The van der Waals surface area contributed by atoms with Crippen molar-refractivity contribution < 1.29 is 8.42 Å². The number of rotatable bonds is 2. The van der Waals surface area contributed by atoms with E-state index in [1.54, 1.807) is 17.5 Å². The van der Waals surface area contributed by atoms with E-state index in [1.807, 2.05) is 12.1 Å². The van der Waals surface area contributed by atoms with Gasteiger partial charge < -0.3 is 5.73 Å². The van der Waals surface area contributed by atoms with Crippen molar-refractivity contribution in [3.05, 3.63) is 39.7 Å². The standard InChI is InChI=1S/C12H11BrN2O2S2/c13-9-5-7-18-12(9)19(16,17)15-6-4-8-2-1-3-10(14)11(8)15/h1-3,5,7H,4,6,14H2. The molecule has 0 unspecified atom stereocenters. The number of thiophene rings is 1. The van der Waals surface area contributed by atoms with E-state index in [-0.39, 0.29) is 0 Å². The summed E-state index contributed by atoms with van der Waals surface area (Å²) in [5, 5.41) is 1.75. The molecular weight excluding hydrogens is 348 g/mol. The molecule has 4 nitrogen and oxygen atoms in total. The maximum absolute atomic E-state index is 12.7. The molecule has 19 heavy (non-hydrogen) atoms. The maximum atomic E-state index is 12.7. The second-order valence-corrected chi connectivity index (χ2v) is 8.07. The third kappa shape index (κ3) is 1.96. The van der Waals surface area contributed by atoms with Crippen LogP contribution >= 0.6 is 27.3 Å². The number of anilines is 2. The molecule has 1 aromatic carbocycles. The lowest BCUT2D eigenvalue weighted by Crippen LogP contribution is -2.29. The van der Waals surface area contributed by atoms with Gasteiger partial charge in [0, 0.05) is 11.0 Å². The smallest absolute Gasteiger partial charge is 0.275 e. The zero-order valence-electron chi connectivity index (χ0n) is 9.84. The number of para-hydroxylation sites is 1. The van der Waals surface area contributed by atoms with E-state index < -0.39 is 10.0 Å². The Morgan fingerprint density at radius 3 is 2.79 bits per heavy atom. The molecule has 0 atom stereocenters. The highest BCUT2D eigenvalue weighted by Crippen LogP contribution is 2.40. The molecule has 1 aliphatic heterocycles. The Labute approximate surface area is 124 Å². The van der Waals surface area contributed by atoms with Gasteiger partial charge in [-0.15, -0.1) is 11.3 Å². The molecule has 0 amide bonds. The maximum Gasteiger partial charge on any atom is 0.275 e. The van der Waals surface area contributed by atoms with Crippen molar-refractivity contribution in [2.45, 2.75) is 10.6 Å². The van der Waals surface area contributed by atoms with Crippen LogP contribution in [0.3, 0.4) is 0 Å². The molecule has 0 radical (unpaired) electrons. The van der Waals surface area contributed by atoms with Crippen molar-refractivity contribution in [1.29, 1.82) is 0 Å². The molecule has 2 N–H and O–H groups in total. The number of benzene rings is 1. The molecule has 1 aliphatic rings. The van der Waals surface area contributed by atoms with Crippen molar-refractivity contribution in [1.82, 2.24) is 0 Å². The first-order valence-corrected chi connectivity index (χ1v) is 8.76. The topological polar surface area (TPSA) is 63.4 Å². The Bertz CT molecular complexity index is 740. The Hall–Kier alpha value is -1.05. The molecule has 2 heterocycles. The van der Waals surface area contributed by atoms with E-state index in [2.05, 4.69) is 15.9 Å². The molecule has 0 saturated heterocycles. The lowest BCUT2D eigenvalue weighted by atomic mass is 10.1. The summed E-state index contributed by atoms with van der Waals surface area (Å²) in [5.74, 6) is 0. The summed E-state index contributed by atoms with van der Waals surface area (Å²) in [4.78, 5) is 0. The number of nitrogens with two attached hydrogens (primary N) is 1. The lowest BCUT2D eigenvalue weighted by Gasteiger charge is -2.20. The van der Waals surface area contributed by atoms with Gasteiger partial charge in [-0.3, -0.25) is 4.31 Å². The quantitative estimate of drug-likeness (QED) is 0.839. The highest BCUT2D eigenvalue weighted by atomic mass is 79.9. The first-order valence-electron chi connectivity index (χ1n) is 5.65. The van der Waals surface area contributed by atoms with Gasteiger partial charge in [-0.25, -0.2) is 8.42 Å². The van der Waals surface area contributed by atoms with E-state index in [4.69, 9.17) is 5.73 Å². The van der Waals surface area contributed by atoms with Gasteiger partial charge >= 0.3 is 0 Å². The lowest BCUT2D eigenvalue weighted by molar-refractivity contribution is 0.594. The number of sulfonamides is 1. The highest BCUT2D eigenvalue weighted by molar-refractivity contribution is 9.10. The highest BCUT2D eigenvalue weighted by Gasteiger charge is 2.34. The molecule has 2 aromatic rings. The van der Waals surface area contributed by atoms with Crippen LogP contribution in [0.4, 0.5) is 11.4 Å². The SMILES string of the molecule is Nc1cccc2c1N(S(=O)(=O)c1sccc1Br)CC2. The summed E-state index contributed by atoms with van der Waals surface area (Å²) >= 11 is 4.49. The number of hydrogen-bond donors (Lipinski definition) is 1. The van der Waals surface area contributed by atoms with Crippen LogP contribution in [-0.4, -0.2) is 15.0 Å². The number of fused-ring (bicyclic) bond motifs is 1. The average Bonchev–Trinajstić information content (AvgIpc) is 2.96. The molecule has 0 spiro atoms. The van der Waals surface area contributed by atoms with E-state index in [1.165, 1.54) is 15.6 Å². The van der Waals surface area contributed by atoms with Crippen molar-refractivity contribution in [3.8, 4) is 0 Å². The second-order valence-electron chi connectivity index (χ2n) is 4.24. The van der Waals surface area contributed by atoms with Crippen LogP contribution in [0.2, 0.25) is 0 Å². The van der Waals surface area contributed by atoms with Gasteiger partial charge in [-0.05, 0) is 45.4 Å². The van der Waals surface area contributed by atoms with Crippen molar-refractivity contribution >= 4 is 48.7 Å². The fourth-order valence-electron chi connectivity index (χ4n) is 2.26. The zero-order valence-corrected chi connectivity index (χ0v) is 13.1. The van der Waals surface area contributed by atoms with Crippen LogP contribution in [0.25, 0.3) is 0 Å². The van der Waals surface area contributed by atoms with Gasteiger partial charge in [0.25, 0.3) is 10.0 Å². The summed E-state index contributed by atoms with van der Waals surface area (Å²) in [5.41, 5.74) is 8.05. The molecular formula is C12H11BrN2O2S2. The fourth-order valence-corrected chi connectivity index (χ4v) is 6.20. The third-order valence-electron chi connectivity index (χ3n) is 3.09. The van der Waals surface area contributed by atoms with E-state index >= 15 is 0 Å². The van der Waals surface area contributed by atoms with Crippen LogP contribution in [0, 0.1) is 0 Å². The van der Waals surface area contributed by atoms with Gasteiger partial charge in [0.1, 0.15) is 0 Å². The summed E-state index contributed by atoms with van der Waals surface area (Å²) in [7, 11) is -3.54. The Kier molecular flexibility index (Phi) is 3.07. The molecule has 0 fully saturated rings. The van der Waals surface area contributed by atoms with Crippen LogP contribution in [0.5, 0.6) is 0 Å². The largest absolute Gasteiger partial charge is 0.397 e. The summed E-state index contributed by atoms with van der Waals surface area (Å²) in [6.07, 6.45) is 0.697. The van der Waals surface area contributed by atoms with Crippen molar-refractivity contribution in [2.24, 2.45) is 0 Å². The number of halogens is 1. The van der Waals surface area contributed by atoms with Crippen molar-refractivity contribution in [2.75, 3.05) is 16.6 Å². The molecule has 7 heteroatoms. The molecule has 0 saturated carbocycles. The van der Waals surface area contributed by atoms with Crippen LogP contribution in [0.1, 0.15) is 5.56 Å². The zero-order chi connectivity index (χ0) is 13.6. The minimum absolute atomic E-state index is 0.323. The fraction of sp³-hybridized carbons (Fsp3) is 0.167. The Balaban J connectivity index is 2.15. The first kappa shape index (κ1) is 13.0. The second kappa shape index (κ2) is 4.50. The minimum atomic E-state index is -3.54. The summed E-state index contributed by atoms with van der Waals surface area (Å²) < 4.78 is 27.7. The van der Waals surface area contributed by atoms with Gasteiger partial charge in [0.2, 0.25) is 0 Å². The molecule has 100 valence electrons.